The molecule has 0 aliphatic rings. The molecule has 0 aliphatic carbocycles. The number of hydrogen-bond acceptors (Lipinski definition) is 3. The van der Waals surface area contributed by atoms with Crippen LogP contribution >= 0.6 is 11.6 Å². The zero-order valence-corrected chi connectivity index (χ0v) is 8.17. The van der Waals surface area contributed by atoms with Crippen molar-refractivity contribution in [3.8, 4) is 0 Å². The standard InChI is InChI=1S/C8H14ClNO2/c1-3-5-7(9)12-8(4-2)10-6-11/h7-8H,3-5H2,1-2H3. The van der Waals surface area contributed by atoms with E-state index in [0.29, 0.717) is 6.42 Å². The Labute approximate surface area is 77.8 Å². The molecular weight excluding hydrogens is 178 g/mol. The molecule has 0 aromatic heterocycles. The Kier molecular flexibility index (Phi) is 7.06. The van der Waals surface area contributed by atoms with Gasteiger partial charge in [-0.05, 0) is 12.8 Å². The smallest absolute Gasteiger partial charge is 0.237 e. The molecule has 0 amide bonds. The van der Waals surface area contributed by atoms with Crippen LogP contribution in [0.5, 0.6) is 0 Å². The van der Waals surface area contributed by atoms with Gasteiger partial charge in [0.05, 0.1) is 0 Å². The van der Waals surface area contributed by atoms with Gasteiger partial charge < -0.3 is 4.74 Å². The molecule has 3 nitrogen and oxygen atoms in total. The highest BCUT2D eigenvalue weighted by atomic mass is 35.5. The molecule has 0 bridgehead atoms. The number of nitrogens with zero attached hydrogens (tertiary/aromatic N) is 1. The van der Waals surface area contributed by atoms with E-state index in [0.717, 1.165) is 12.8 Å². The van der Waals surface area contributed by atoms with E-state index in [1.54, 1.807) is 0 Å². The summed E-state index contributed by atoms with van der Waals surface area (Å²) < 4.78 is 5.22. The Morgan fingerprint density at radius 3 is 2.67 bits per heavy atom. The van der Waals surface area contributed by atoms with Crippen molar-refractivity contribution in [1.29, 1.82) is 0 Å². The highest BCUT2D eigenvalue weighted by molar-refractivity contribution is 6.19. The Hall–Kier alpha value is -0.370. The van der Waals surface area contributed by atoms with Crippen molar-refractivity contribution >= 4 is 17.7 Å². The van der Waals surface area contributed by atoms with Crippen molar-refractivity contribution in [3.63, 3.8) is 0 Å². The molecule has 0 heterocycles. The van der Waals surface area contributed by atoms with Crippen LogP contribution in [0.2, 0.25) is 0 Å². The van der Waals surface area contributed by atoms with Gasteiger partial charge in [-0.1, -0.05) is 31.9 Å². The van der Waals surface area contributed by atoms with Crippen LogP contribution in [-0.4, -0.2) is 17.9 Å². The normalized spacial score (nSPS) is 14.9. The Bertz CT molecular complexity index is 157. The molecule has 12 heavy (non-hydrogen) atoms. The summed E-state index contributed by atoms with van der Waals surface area (Å²) in [7, 11) is 0. The lowest BCUT2D eigenvalue weighted by Crippen LogP contribution is -2.15. The summed E-state index contributed by atoms with van der Waals surface area (Å²) >= 11 is 5.78. The van der Waals surface area contributed by atoms with E-state index in [-0.39, 0.29) is 5.56 Å². The summed E-state index contributed by atoms with van der Waals surface area (Å²) in [6.45, 7) is 3.89. The minimum atomic E-state index is -0.434. The zero-order valence-electron chi connectivity index (χ0n) is 7.42. The number of isocyanates is 1. The van der Waals surface area contributed by atoms with Crippen LogP contribution in [0.25, 0.3) is 0 Å². The second-order valence-corrected chi connectivity index (χ2v) is 2.90. The van der Waals surface area contributed by atoms with E-state index in [2.05, 4.69) is 4.99 Å². The van der Waals surface area contributed by atoms with Gasteiger partial charge in [-0.25, -0.2) is 4.79 Å². The largest absolute Gasteiger partial charge is 0.337 e. The fourth-order valence-electron chi connectivity index (χ4n) is 0.742. The van der Waals surface area contributed by atoms with Crippen molar-refractivity contribution in [2.75, 3.05) is 0 Å². The third-order valence-electron chi connectivity index (χ3n) is 1.37. The van der Waals surface area contributed by atoms with E-state index >= 15 is 0 Å². The Morgan fingerprint density at radius 2 is 2.25 bits per heavy atom. The van der Waals surface area contributed by atoms with Crippen LogP contribution in [0.15, 0.2) is 4.99 Å². The maximum Gasteiger partial charge on any atom is 0.237 e. The van der Waals surface area contributed by atoms with Crippen LogP contribution in [0.3, 0.4) is 0 Å². The summed E-state index contributed by atoms with van der Waals surface area (Å²) in [6.07, 6.45) is 3.39. The van der Waals surface area contributed by atoms with Crippen molar-refractivity contribution in [2.24, 2.45) is 4.99 Å². The van der Waals surface area contributed by atoms with Crippen LogP contribution in [0.1, 0.15) is 33.1 Å². The maximum atomic E-state index is 9.90. The second-order valence-electron chi connectivity index (χ2n) is 2.42. The van der Waals surface area contributed by atoms with Gasteiger partial charge in [-0.15, -0.1) is 0 Å². The molecule has 0 N–H and O–H groups in total. The first kappa shape index (κ1) is 11.6. The molecule has 0 fully saturated rings. The lowest BCUT2D eigenvalue weighted by Gasteiger charge is -2.13. The van der Waals surface area contributed by atoms with E-state index < -0.39 is 6.23 Å². The molecular formula is C8H14ClNO2. The number of carbonyl (C=O) groups excluding carboxylic acids is 1. The summed E-state index contributed by atoms with van der Waals surface area (Å²) in [6, 6.07) is 0. The van der Waals surface area contributed by atoms with Crippen LogP contribution in [0.4, 0.5) is 0 Å². The lowest BCUT2D eigenvalue weighted by molar-refractivity contribution is 0.0307. The lowest BCUT2D eigenvalue weighted by atomic mass is 10.3. The van der Waals surface area contributed by atoms with E-state index in [4.69, 9.17) is 16.3 Å². The van der Waals surface area contributed by atoms with Gasteiger partial charge in [-0.3, -0.25) is 0 Å². The molecule has 0 aliphatic heterocycles. The van der Waals surface area contributed by atoms with Crippen molar-refractivity contribution < 1.29 is 9.53 Å². The highest BCUT2D eigenvalue weighted by Gasteiger charge is 2.10. The first-order valence-corrected chi connectivity index (χ1v) is 4.54. The number of halogens is 1. The molecule has 4 heteroatoms. The SMILES string of the molecule is CCCC(Cl)OC(CC)N=C=O. The number of hydrogen-bond donors (Lipinski definition) is 0. The molecule has 0 rings (SSSR count). The van der Waals surface area contributed by atoms with Gasteiger partial charge in [0.2, 0.25) is 6.08 Å². The molecule has 0 radical (unpaired) electrons. The first-order valence-electron chi connectivity index (χ1n) is 4.11. The predicted octanol–water partition coefficient (Wildman–Crippen LogP) is 2.44. The summed E-state index contributed by atoms with van der Waals surface area (Å²) in [5, 5.41) is 0. The molecule has 0 saturated carbocycles. The van der Waals surface area contributed by atoms with Gasteiger partial charge >= 0.3 is 0 Å². The van der Waals surface area contributed by atoms with Crippen LogP contribution in [-0.2, 0) is 9.53 Å². The number of ether oxygens (including phenoxy) is 1. The van der Waals surface area contributed by atoms with Gasteiger partial charge in [0.1, 0.15) is 5.56 Å². The maximum absolute atomic E-state index is 9.90. The first-order chi connectivity index (χ1) is 5.74. The molecule has 2 atom stereocenters. The summed E-state index contributed by atoms with van der Waals surface area (Å²) in [4.78, 5) is 13.4. The second kappa shape index (κ2) is 7.29. The van der Waals surface area contributed by atoms with Crippen LogP contribution in [0, 0.1) is 0 Å². The van der Waals surface area contributed by atoms with Crippen molar-refractivity contribution in [3.05, 3.63) is 0 Å². The van der Waals surface area contributed by atoms with E-state index in [1.807, 2.05) is 13.8 Å². The van der Waals surface area contributed by atoms with Gasteiger partial charge in [0.25, 0.3) is 0 Å². The third kappa shape index (κ3) is 5.30. The molecule has 0 saturated heterocycles. The summed E-state index contributed by atoms with van der Waals surface area (Å²) in [5.41, 5.74) is -0.350. The predicted molar refractivity (Wildman–Crippen MR) is 47.8 cm³/mol. The van der Waals surface area contributed by atoms with Crippen molar-refractivity contribution in [2.45, 2.75) is 44.9 Å². The van der Waals surface area contributed by atoms with Crippen LogP contribution < -0.4 is 0 Å². The van der Waals surface area contributed by atoms with Gasteiger partial charge in [0, 0.05) is 0 Å². The average molecular weight is 192 g/mol. The number of aliphatic imine (C=N–C) groups is 1. The van der Waals surface area contributed by atoms with E-state index in [9.17, 15) is 4.79 Å². The number of alkyl halides is 1. The fourth-order valence-corrected chi connectivity index (χ4v) is 1.08. The van der Waals surface area contributed by atoms with E-state index in [1.165, 1.54) is 6.08 Å². The molecule has 2 unspecified atom stereocenters. The minimum Gasteiger partial charge on any atom is -0.337 e. The Balaban J connectivity index is 3.76. The molecule has 0 spiro atoms. The molecule has 70 valence electrons. The zero-order chi connectivity index (χ0) is 9.40. The fraction of sp³-hybridized carbons (Fsp3) is 0.875. The molecule has 0 aromatic rings. The Morgan fingerprint density at radius 1 is 1.58 bits per heavy atom. The molecule has 0 aromatic carbocycles. The summed E-state index contributed by atoms with van der Waals surface area (Å²) in [5.74, 6) is 0. The number of rotatable bonds is 6. The topological polar surface area (TPSA) is 38.7 Å². The monoisotopic (exact) mass is 191 g/mol. The van der Waals surface area contributed by atoms with Gasteiger partial charge in [-0.2, -0.15) is 4.99 Å². The highest BCUT2D eigenvalue weighted by Crippen LogP contribution is 2.11. The van der Waals surface area contributed by atoms with Crippen molar-refractivity contribution in [1.82, 2.24) is 0 Å². The third-order valence-corrected chi connectivity index (χ3v) is 1.69. The quantitative estimate of drug-likeness (QED) is 0.368. The average Bonchev–Trinajstić information content (AvgIpc) is 2.04. The minimum absolute atomic E-state index is 0.350. The van der Waals surface area contributed by atoms with Gasteiger partial charge in [0.15, 0.2) is 6.23 Å².